The van der Waals surface area contributed by atoms with Crippen LogP contribution >= 0.6 is 0 Å². The van der Waals surface area contributed by atoms with Gasteiger partial charge in [-0.1, -0.05) is 19.9 Å². The molecule has 1 heterocycles. The van der Waals surface area contributed by atoms with Gasteiger partial charge in [0.15, 0.2) is 0 Å². The van der Waals surface area contributed by atoms with Crippen LogP contribution in [0.1, 0.15) is 39.5 Å². The topological polar surface area (TPSA) is 106 Å². The van der Waals surface area contributed by atoms with E-state index in [2.05, 4.69) is 9.57 Å². The second-order valence-electron chi connectivity index (χ2n) is 7.06. The highest BCUT2D eigenvalue weighted by Gasteiger charge is 2.27. The summed E-state index contributed by atoms with van der Waals surface area (Å²) >= 11 is 0. The zero-order valence-corrected chi connectivity index (χ0v) is 16.5. The summed E-state index contributed by atoms with van der Waals surface area (Å²) < 4.78 is 30.5. The molecule has 1 aromatic rings. The largest absolute Gasteiger partial charge is 0.502 e. The van der Waals surface area contributed by atoms with Crippen molar-refractivity contribution in [2.45, 2.75) is 45.6 Å². The molecule has 1 atom stereocenters. The molecule has 1 saturated heterocycles. The first-order valence-electron chi connectivity index (χ1n) is 8.94. The van der Waals surface area contributed by atoms with Crippen LogP contribution in [-0.2, 0) is 15.0 Å². The van der Waals surface area contributed by atoms with E-state index in [-0.39, 0.29) is 41.6 Å². The number of rotatable bonds is 7. The van der Waals surface area contributed by atoms with Gasteiger partial charge in [0.25, 0.3) is 15.9 Å². The fourth-order valence-corrected chi connectivity index (χ4v) is 3.62. The van der Waals surface area contributed by atoms with E-state index in [1.807, 2.05) is 18.7 Å². The molecule has 0 aliphatic carbocycles. The van der Waals surface area contributed by atoms with E-state index in [1.165, 1.54) is 6.07 Å². The van der Waals surface area contributed by atoms with Crippen LogP contribution in [-0.4, -0.2) is 38.4 Å². The normalized spacial score (nSPS) is 17.4. The van der Waals surface area contributed by atoms with E-state index in [9.17, 15) is 13.2 Å². The second kappa shape index (κ2) is 9.06. The Balaban J connectivity index is 2.13. The number of nitrogens with two attached hydrogens (primary N) is 1. The van der Waals surface area contributed by atoms with Gasteiger partial charge in [-0.25, -0.2) is 9.98 Å². The van der Waals surface area contributed by atoms with Crippen LogP contribution in [0.2, 0.25) is 0 Å². The Morgan fingerprint density at radius 1 is 1.44 bits per heavy atom. The maximum absolute atomic E-state index is 12.5. The third-order valence-corrected chi connectivity index (χ3v) is 4.83. The summed E-state index contributed by atoms with van der Waals surface area (Å²) in [6.07, 6.45) is 3.33. The molecule has 1 aliphatic rings. The Hall–Kier alpha value is -2.31. The number of anilines is 1. The van der Waals surface area contributed by atoms with Gasteiger partial charge in [0.1, 0.15) is 12.4 Å². The summed E-state index contributed by atoms with van der Waals surface area (Å²) in [4.78, 5) is 17.7. The highest BCUT2D eigenvalue weighted by Crippen LogP contribution is 2.36. The van der Waals surface area contributed by atoms with E-state index in [1.54, 1.807) is 12.1 Å². The Bertz CT molecular complexity index is 817. The van der Waals surface area contributed by atoms with E-state index >= 15 is 0 Å². The fourth-order valence-electron chi connectivity index (χ4n) is 3.14. The van der Waals surface area contributed by atoms with Gasteiger partial charge in [0.05, 0.1) is 18.3 Å². The Morgan fingerprint density at radius 3 is 2.81 bits per heavy atom. The van der Waals surface area contributed by atoms with Gasteiger partial charge in [0, 0.05) is 13.0 Å². The van der Waals surface area contributed by atoms with E-state index in [0.717, 1.165) is 19.3 Å². The Morgan fingerprint density at radius 2 is 2.19 bits per heavy atom. The molecule has 1 aliphatic heterocycles. The van der Waals surface area contributed by atoms with Crippen LogP contribution in [0.25, 0.3) is 4.85 Å². The van der Waals surface area contributed by atoms with Crippen molar-refractivity contribution in [3.8, 4) is 5.75 Å². The molecular formula is C18H26N4O4S. The van der Waals surface area contributed by atoms with Crippen molar-refractivity contribution < 1.29 is 17.9 Å². The van der Waals surface area contributed by atoms with E-state index in [4.69, 9.17) is 16.4 Å². The minimum atomic E-state index is -4.00. The van der Waals surface area contributed by atoms with Gasteiger partial charge in [-0.3, -0.25) is 9.52 Å². The monoisotopic (exact) mass is 394 g/mol. The lowest BCUT2D eigenvalue weighted by molar-refractivity contribution is -0.136. The SMILES string of the molecule is [C-]#[N+]c1c(NS(N)(=O)=O)cccc1OC[C@@H]1CCCCN1C(=O)CC(C)C. The van der Waals surface area contributed by atoms with Crippen LogP contribution in [0, 0.1) is 12.5 Å². The minimum absolute atomic E-state index is 0.0439. The number of carbonyl (C=O) groups excluding carboxylic acids is 1. The number of nitrogens with zero attached hydrogens (tertiary/aromatic N) is 2. The van der Waals surface area contributed by atoms with Gasteiger partial charge in [-0.15, -0.1) is 0 Å². The fraction of sp³-hybridized carbons (Fsp3) is 0.556. The first-order valence-corrected chi connectivity index (χ1v) is 10.5. The molecule has 0 bridgehead atoms. The minimum Gasteiger partial charge on any atom is -0.502 e. The average molecular weight is 394 g/mol. The number of nitrogens with one attached hydrogen (secondary N) is 1. The van der Waals surface area contributed by atoms with E-state index < -0.39 is 10.2 Å². The quantitative estimate of drug-likeness (QED) is 0.693. The molecule has 0 aromatic heterocycles. The standard InChI is InChI=1S/C18H26N4O4S/c1-13(2)11-17(23)22-10-5-4-7-14(22)12-26-16-9-6-8-15(18(16)20-3)21-27(19,24)25/h6,8-9,13-14,21H,4-5,7,10-12H2,1-2H3,(H2,19,24,25)/t14-/m0/s1. The molecule has 1 aromatic carbocycles. The average Bonchev–Trinajstić information content (AvgIpc) is 2.58. The van der Waals surface area contributed by atoms with Crippen LogP contribution in [0.3, 0.4) is 0 Å². The van der Waals surface area contributed by atoms with Crippen molar-refractivity contribution in [3.05, 3.63) is 29.6 Å². The Kier molecular flexibility index (Phi) is 7.05. The van der Waals surface area contributed by atoms with Crippen molar-refractivity contribution in [2.75, 3.05) is 17.9 Å². The number of hydrogen-bond acceptors (Lipinski definition) is 4. The van der Waals surface area contributed by atoms with Crippen molar-refractivity contribution >= 4 is 27.5 Å². The third kappa shape index (κ3) is 6.12. The number of amides is 1. The molecule has 0 unspecified atom stereocenters. The van der Waals surface area contributed by atoms with Gasteiger partial charge < -0.3 is 9.64 Å². The van der Waals surface area contributed by atoms with Crippen LogP contribution in [0.15, 0.2) is 18.2 Å². The van der Waals surface area contributed by atoms with Gasteiger partial charge in [0.2, 0.25) is 5.91 Å². The number of piperidine rings is 1. The lowest BCUT2D eigenvalue weighted by atomic mass is 10.0. The number of hydrogen-bond donors (Lipinski definition) is 2. The van der Waals surface area contributed by atoms with Crippen molar-refractivity contribution in [2.24, 2.45) is 11.1 Å². The summed E-state index contributed by atoms with van der Waals surface area (Å²) in [7, 11) is -4.00. The first-order chi connectivity index (χ1) is 12.7. The van der Waals surface area contributed by atoms with Gasteiger partial charge in [-0.2, -0.15) is 8.42 Å². The molecule has 2 rings (SSSR count). The second-order valence-corrected chi connectivity index (χ2v) is 8.35. The van der Waals surface area contributed by atoms with Crippen LogP contribution < -0.4 is 14.6 Å². The van der Waals surface area contributed by atoms with Crippen molar-refractivity contribution in [1.29, 1.82) is 0 Å². The predicted molar refractivity (Wildman–Crippen MR) is 104 cm³/mol. The lowest BCUT2D eigenvalue weighted by Gasteiger charge is -2.36. The molecule has 9 heteroatoms. The lowest BCUT2D eigenvalue weighted by Crippen LogP contribution is -2.47. The molecule has 1 amide bonds. The summed E-state index contributed by atoms with van der Waals surface area (Å²) in [5.74, 6) is 0.671. The number of ether oxygens (including phenoxy) is 1. The molecular weight excluding hydrogens is 368 g/mol. The molecule has 27 heavy (non-hydrogen) atoms. The number of likely N-dealkylation sites (tertiary alicyclic amines) is 1. The summed E-state index contributed by atoms with van der Waals surface area (Å²) in [5, 5.41) is 5.00. The summed E-state index contributed by atoms with van der Waals surface area (Å²) in [6.45, 7) is 12.3. The molecule has 0 saturated carbocycles. The Labute approximate surface area is 160 Å². The maximum atomic E-state index is 12.5. The highest BCUT2D eigenvalue weighted by molar-refractivity contribution is 7.90. The number of para-hydroxylation sites is 1. The molecule has 148 valence electrons. The van der Waals surface area contributed by atoms with Crippen molar-refractivity contribution in [3.63, 3.8) is 0 Å². The molecule has 1 fully saturated rings. The van der Waals surface area contributed by atoms with Gasteiger partial charge in [-0.05, 0) is 37.3 Å². The third-order valence-electron chi connectivity index (χ3n) is 4.32. The molecule has 8 nitrogen and oxygen atoms in total. The smallest absolute Gasteiger partial charge is 0.295 e. The van der Waals surface area contributed by atoms with Crippen molar-refractivity contribution in [1.82, 2.24) is 4.90 Å². The number of benzene rings is 1. The summed E-state index contributed by atoms with van der Waals surface area (Å²) in [5.41, 5.74) is 0.115. The number of carbonyl (C=O) groups is 1. The first kappa shape index (κ1) is 21.0. The van der Waals surface area contributed by atoms with E-state index in [0.29, 0.717) is 13.0 Å². The highest BCUT2D eigenvalue weighted by atomic mass is 32.2. The maximum Gasteiger partial charge on any atom is 0.295 e. The predicted octanol–water partition coefficient (Wildman–Crippen LogP) is 2.66. The molecule has 0 spiro atoms. The molecule has 3 N–H and O–H groups in total. The van der Waals surface area contributed by atoms with Crippen LogP contribution in [0.5, 0.6) is 5.75 Å². The molecule has 0 radical (unpaired) electrons. The zero-order valence-electron chi connectivity index (χ0n) is 15.6. The van der Waals surface area contributed by atoms with Crippen LogP contribution in [0.4, 0.5) is 11.4 Å². The summed E-state index contributed by atoms with van der Waals surface area (Å²) in [6, 6.07) is 4.58. The zero-order chi connectivity index (χ0) is 20.0. The van der Waals surface area contributed by atoms with Gasteiger partial charge >= 0.3 is 0 Å².